The summed E-state index contributed by atoms with van der Waals surface area (Å²) >= 11 is 0. The van der Waals surface area contributed by atoms with Crippen LogP contribution in [0.5, 0.6) is 5.75 Å². The van der Waals surface area contributed by atoms with Crippen LogP contribution in [0.4, 0.5) is 5.95 Å². The molecule has 0 aliphatic carbocycles. The summed E-state index contributed by atoms with van der Waals surface area (Å²) in [5, 5.41) is 0. The monoisotopic (exact) mass is 428 g/mol. The lowest BCUT2D eigenvalue weighted by atomic mass is 10.1. The number of piperazine rings is 1. The Morgan fingerprint density at radius 3 is 2.62 bits per heavy atom. The molecular formula is C24H24N6O2. The van der Waals surface area contributed by atoms with Crippen molar-refractivity contribution in [2.45, 2.75) is 13.5 Å². The van der Waals surface area contributed by atoms with Gasteiger partial charge in [-0.15, -0.1) is 0 Å². The van der Waals surface area contributed by atoms with E-state index in [0.29, 0.717) is 50.0 Å². The molecule has 0 bridgehead atoms. The second kappa shape index (κ2) is 8.66. The number of amides is 1. The highest BCUT2D eigenvalue weighted by Gasteiger charge is 2.23. The summed E-state index contributed by atoms with van der Waals surface area (Å²) in [5.41, 5.74) is 3.52. The molecule has 1 fully saturated rings. The molecule has 4 aromatic rings. The molecule has 1 saturated heterocycles. The summed E-state index contributed by atoms with van der Waals surface area (Å²) in [6.45, 7) is 5.06. The summed E-state index contributed by atoms with van der Waals surface area (Å²) in [5.74, 6) is 1.37. The average Bonchev–Trinajstić information content (AvgIpc) is 3.25. The van der Waals surface area contributed by atoms with Crippen LogP contribution in [0.25, 0.3) is 5.65 Å². The fraction of sp³-hybridized carbons (Fsp3) is 0.250. The van der Waals surface area contributed by atoms with Gasteiger partial charge >= 0.3 is 0 Å². The van der Waals surface area contributed by atoms with Gasteiger partial charge in [0.15, 0.2) is 0 Å². The molecule has 1 aromatic carbocycles. The minimum Gasteiger partial charge on any atom is -0.487 e. The standard InChI is InChI=1S/C24H24N6O2/c1-18-6-7-22-27-20(16-30(22)15-18)17-32-21-5-2-4-19(14-21)23(31)28-10-12-29(13-11-28)24-25-8-3-9-26-24/h2-9,14-16H,10-13,17H2,1H3. The van der Waals surface area contributed by atoms with Gasteiger partial charge in [0.2, 0.25) is 5.95 Å². The zero-order valence-corrected chi connectivity index (χ0v) is 17.9. The largest absolute Gasteiger partial charge is 0.487 e. The number of ether oxygens (including phenoxy) is 1. The van der Waals surface area contributed by atoms with Crippen LogP contribution in [-0.4, -0.2) is 56.3 Å². The van der Waals surface area contributed by atoms with Crippen LogP contribution in [0.3, 0.4) is 0 Å². The zero-order valence-electron chi connectivity index (χ0n) is 17.9. The Hall–Kier alpha value is -3.94. The van der Waals surface area contributed by atoms with Crippen LogP contribution in [0.2, 0.25) is 0 Å². The Balaban J connectivity index is 1.21. The van der Waals surface area contributed by atoms with Crippen molar-refractivity contribution in [3.05, 3.63) is 84.1 Å². The molecule has 0 N–H and O–H groups in total. The Morgan fingerprint density at radius 2 is 1.81 bits per heavy atom. The van der Waals surface area contributed by atoms with Gasteiger partial charge in [-0.05, 0) is 42.8 Å². The molecule has 0 spiro atoms. The van der Waals surface area contributed by atoms with Gasteiger partial charge in [0, 0.05) is 56.5 Å². The van der Waals surface area contributed by atoms with Crippen molar-refractivity contribution >= 4 is 17.5 Å². The summed E-state index contributed by atoms with van der Waals surface area (Å²) in [7, 11) is 0. The molecule has 8 heteroatoms. The molecule has 32 heavy (non-hydrogen) atoms. The second-order valence-corrected chi connectivity index (χ2v) is 7.85. The second-order valence-electron chi connectivity index (χ2n) is 7.85. The van der Waals surface area contributed by atoms with Crippen LogP contribution in [0, 0.1) is 6.92 Å². The quantitative estimate of drug-likeness (QED) is 0.487. The third-order valence-electron chi connectivity index (χ3n) is 5.52. The molecule has 0 unspecified atom stereocenters. The molecule has 5 rings (SSSR count). The molecule has 1 amide bonds. The van der Waals surface area contributed by atoms with Crippen LogP contribution in [0.15, 0.2) is 67.3 Å². The van der Waals surface area contributed by atoms with Gasteiger partial charge in [0.25, 0.3) is 5.91 Å². The Morgan fingerprint density at radius 1 is 1.00 bits per heavy atom. The number of carbonyl (C=O) groups is 1. The van der Waals surface area contributed by atoms with Gasteiger partial charge in [0.1, 0.15) is 18.0 Å². The third-order valence-corrected chi connectivity index (χ3v) is 5.52. The van der Waals surface area contributed by atoms with Crippen molar-refractivity contribution in [2.75, 3.05) is 31.1 Å². The van der Waals surface area contributed by atoms with Crippen molar-refractivity contribution in [3.63, 3.8) is 0 Å². The third kappa shape index (κ3) is 4.25. The van der Waals surface area contributed by atoms with E-state index in [1.54, 1.807) is 24.5 Å². The van der Waals surface area contributed by atoms with E-state index in [-0.39, 0.29) is 5.91 Å². The average molecular weight is 428 g/mol. The SMILES string of the molecule is Cc1ccc2nc(COc3cccc(C(=O)N4CCN(c5ncccn5)CC4)c3)cn2c1. The molecule has 1 aliphatic rings. The maximum atomic E-state index is 13.0. The molecule has 1 aliphatic heterocycles. The van der Waals surface area contributed by atoms with Gasteiger partial charge in [0.05, 0.1) is 5.69 Å². The summed E-state index contributed by atoms with van der Waals surface area (Å²) in [6, 6.07) is 13.2. The van der Waals surface area contributed by atoms with Crippen LogP contribution < -0.4 is 9.64 Å². The Labute approximate surface area is 186 Å². The lowest BCUT2D eigenvalue weighted by Gasteiger charge is -2.34. The molecule has 4 heterocycles. The molecular weight excluding hydrogens is 404 g/mol. The van der Waals surface area contributed by atoms with E-state index in [4.69, 9.17) is 4.74 Å². The first-order valence-corrected chi connectivity index (χ1v) is 10.6. The predicted octanol–water partition coefficient (Wildman–Crippen LogP) is 2.97. The maximum Gasteiger partial charge on any atom is 0.254 e. The van der Waals surface area contributed by atoms with E-state index in [1.807, 2.05) is 58.9 Å². The normalized spacial score (nSPS) is 14.0. The smallest absolute Gasteiger partial charge is 0.254 e. The predicted molar refractivity (Wildman–Crippen MR) is 121 cm³/mol. The number of pyridine rings is 1. The highest BCUT2D eigenvalue weighted by atomic mass is 16.5. The van der Waals surface area contributed by atoms with Crippen molar-refractivity contribution in [3.8, 4) is 5.75 Å². The van der Waals surface area contributed by atoms with Gasteiger partial charge in [-0.3, -0.25) is 4.79 Å². The topological polar surface area (TPSA) is 75.9 Å². The first-order chi connectivity index (χ1) is 15.7. The fourth-order valence-corrected chi connectivity index (χ4v) is 3.85. The highest BCUT2D eigenvalue weighted by Crippen LogP contribution is 2.18. The molecule has 8 nitrogen and oxygen atoms in total. The molecule has 3 aromatic heterocycles. The van der Waals surface area contributed by atoms with Gasteiger partial charge in [-0.25, -0.2) is 15.0 Å². The number of hydrogen-bond donors (Lipinski definition) is 0. The van der Waals surface area contributed by atoms with E-state index in [2.05, 4.69) is 19.9 Å². The maximum absolute atomic E-state index is 13.0. The number of aryl methyl sites for hydroxylation is 1. The minimum atomic E-state index is 0.00675. The van der Waals surface area contributed by atoms with E-state index in [9.17, 15) is 4.79 Å². The first kappa shape index (κ1) is 20.0. The van der Waals surface area contributed by atoms with Gasteiger partial charge in [-0.1, -0.05) is 12.1 Å². The summed E-state index contributed by atoms with van der Waals surface area (Å²) in [6.07, 6.45) is 7.47. The number of rotatable bonds is 5. The van der Waals surface area contributed by atoms with Crippen molar-refractivity contribution in [1.29, 1.82) is 0 Å². The number of fused-ring (bicyclic) bond motifs is 1. The first-order valence-electron chi connectivity index (χ1n) is 10.6. The van der Waals surface area contributed by atoms with E-state index in [1.165, 1.54) is 5.56 Å². The summed E-state index contributed by atoms with van der Waals surface area (Å²) < 4.78 is 7.93. The Bertz CT molecular complexity index is 1230. The minimum absolute atomic E-state index is 0.00675. The van der Waals surface area contributed by atoms with Crippen molar-refractivity contribution in [1.82, 2.24) is 24.3 Å². The Kier molecular flexibility index (Phi) is 5.41. The summed E-state index contributed by atoms with van der Waals surface area (Å²) in [4.78, 5) is 30.2. The van der Waals surface area contributed by atoms with Crippen LogP contribution in [0.1, 0.15) is 21.6 Å². The number of imidazole rings is 1. The van der Waals surface area contributed by atoms with Crippen molar-refractivity contribution in [2.24, 2.45) is 0 Å². The fourth-order valence-electron chi connectivity index (χ4n) is 3.85. The molecule has 162 valence electrons. The van der Waals surface area contributed by atoms with Gasteiger partial charge < -0.3 is 18.9 Å². The van der Waals surface area contributed by atoms with Crippen LogP contribution >= 0.6 is 0 Å². The number of benzene rings is 1. The number of aromatic nitrogens is 4. The zero-order chi connectivity index (χ0) is 21.9. The number of hydrogen-bond acceptors (Lipinski definition) is 6. The van der Waals surface area contributed by atoms with Crippen molar-refractivity contribution < 1.29 is 9.53 Å². The number of anilines is 1. The highest BCUT2D eigenvalue weighted by molar-refractivity contribution is 5.94. The van der Waals surface area contributed by atoms with E-state index in [0.717, 1.165) is 11.3 Å². The van der Waals surface area contributed by atoms with Crippen LogP contribution in [-0.2, 0) is 6.61 Å². The molecule has 0 saturated carbocycles. The molecule has 0 radical (unpaired) electrons. The number of carbonyl (C=O) groups excluding carboxylic acids is 1. The van der Waals surface area contributed by atoms with Gasteiger partial charge in [-0.2, -0.15) is 0 Å². The lowest BCUT2D eigenvalue weighted by molar-refractivity contribution is 0.0745. The number of nitrogens with zero attached hydrogens (tertiary/aromatic N) is 6. The van der Waals surface area contributed by atoms with E-state index < -0.39 is 0 Å². The van der Waals surface area contributed by atoms with E-state index >= 15 is 0 Å². The lowest BCUT2D eigenvalue weighted by Crippen LogP contribution is -2.49. The molecule has 0 atom stereocenters.